The normalized spacial score (nSPS) is 16.8. The summed E-state index contributed by atoms with van der Waals surface area (Å²) in [5.74, 6) is 0.698. The van der Waals surface area contributed by atoms with Crippen molar-refractivity contribution >= 4 is 51.4 Å². The zero-order valence-electron chi connectivity index (χ0n) is 19.0. The van der Waals surface area contributed by atoms with Crippen molar-refractivity contribution in [2.75, 3.05) is 14.2 Å². The van der Waals surface area contributed by atoms with Crippen LogP contribution in [0.4, 0.5) is 0 Å². The fraction of sp³-hybridized carbons (Fsp3) is 0.304. The number of carbonyl (C=O) groups excluding carboxylic acids is 1. The van der Waals surface area contributed by atoms with Gasteiger partial charge in [0.05, 0.1) is 30.5 Å². The van der Waals surface area contributed by atoms with E-state index >= 15 is 0 Å². The van der Waals surface area contributed by atoms with E-state index in [-0.39, 0.29) is 11.4 Å². The van der Waals surface area contributed by atoms with Crippen LogP contribution in [-0.4, -0.2) is 45.7 Å². The van der Waals surface area contributed by atoms with Crippen LogP contribution in [0.3, 0.4) is 0 Å². The minimum atomic E-state index is -0.443. The van der Waals surface area contributed by atoms with Crippen molar-refractivity contribution in [1.29, 1.82) is 5.41 Å². The van der Waals surface area contributed by atoms with E-state index in [0.717, 1.165) is 40.5 Å². The molecule has 2 aliphatic rings. The fourth-order valence-corrected chi connectivity index (χ4v) is 5.05. The number of ether oxygens (including phenoxy) is 2. The second-order valence-corrected chi connectivity index (χ2v) is 9.03. The number of nitrogens with one attached hydrogen (secondary N) is 1. The molecule has 3 heterocycles. The van der Waals surface area contributed by atoms with Crippen LogP contribution in [0, 0.1) is 19.3 Å². The predicted octanol–water partition coefficient (Wildman–Crippen LogP) is 5.18. The third-order valence-corrected chi connectivity index (χ3v) is 6.69. The topological polar surface area (TPSA) is 92.3 Å². The number of methoxy groups -OCH3 is 2. The monoisotopic (exact) mass is 485 g/mol. The van der Waals surface area contributed by atoms with Gasteiger partial charge in [-0.15, -0.1) is 0 Å². The van der Waals surface area contributed by atoms with E-state index < -0.39 is 5.91 Å². The Hall–Kier alpha value is -3.04. The summed E-state index contributed by atoms with van der Waals surface area (Å²) in [6.07, 6.45) is 3.41. The fourth-order valence-electron chi connectivity index (χ4n) is 3.83. The van der Waals surface area contributed by atoms with E-state index in [9.17, 15) is 4.79 Å². The standard InChI is InChI=1S/C23H24ClN5O3S/c1-6-7-20-27-29-21(25)15(22(30)26-23(29)33-20)9-14-8-12(2)28(13(14)3)17-10-16(24)18(31-4)11-19(17)32-5/h8-11,25H,6-7H2,1-5H3/b15-9-,25-21?. The summed E-state index contributed by atoms with van der Waals surface area (Å²) < 4.78 is 12.9. The van der Waals surface area contributed by atoms with Gasteiger partial charge in [-0.25, -0.2) is 0 Å². The number of hydrogen-bond donors (Lipinski definition) is 1. The summed E-state index contributed by atoms with van der Waals surface area (Å²) in [4.78, 5) is 16.9. The molecule has 1 amide bonds. The molecule has 33 heavy (non-hydrogen) atoms. The second-order valence-electron chi connectivity index (χ2n) is 7.58. The summed E-state index contributed by atoms with van der Waals surface area (Å²) in [6, 6.07) is 5.47. The maximum atomic E-state index is 12.8. The first-order chi connectivity index (χ1) is 15.8. The molecule has 0 atom stereocenters. The van der Waals surface area contributed by atoms with Gasteiger partial charge in [-0.3, -0.25) is 10.2 Å². The van der Waals surface area contributed by atoms with Gasteiger partial charge in [0.1, 0.15) is 16.5 Å². The Morgan fingerprint density at radius 1 is 1.18 bits per heavy atom. The summed E-state index contributed by atoms with van der Waals surface area (Å²) in [6.45, 7) is 5.95. The van der Waals surface area contributed by atoms with E-state index in [4.69, 9.17) is 26.5 Å². The Balaban J connectivity index is 1.77. The molecule has 8 nitrogen and oxygen atoms in total. The summed E-state index contributed by atoms with van der Waals surface area (Å²) in [7, 11) is 3.14. The highest BCUT2D eigenvalue weighted by Crippen LogP contribution is 2.37. The molecule has 0 aliphatic carbocycles. The highest BCUT2D eigenvalue weighted by Gasteiger charge is 2.35. The smallest absolute Gasteiger partial charge is 0.283 e. The van der Waals surface area contributed by atoms with Gasteiger partial charge in [0.2, 0.25) is 5.17 Å². The maximum absolute atomic E-state index is 12.8. The van der Waals surface area contributed by atoms with Gasteiger partial charge >= 0.3 is 0 Å². The molecule has 1 N–H and O–H groups in total. The molecule has 0 spiro atoms. The lowest BCUT2D eigenvalue weighted by atomic mass is 10.1. The summed E-state index contributed by atoms with van der Waals surface area (Å²) in [5, 5.41) is 16.2. The first-order valence-corrected chi connectivity index (χ1v) is 11.6. The number of fused-ring (bicyclic) bond motifs is 1. The Morgan fingerprint density at radius 3 is 2.58 bits per heavy atom. The lowest BCUT2D eigenvalue weighted by Crippen LogP contribution is -2.35. The molecule has 172 valence electrons. The highest BCUT2D eigenvalue weighted by atomic mass is 35.5. The van der Waals surface area contributed by atoms with Crippen molar-refractivity contribution in [3.05, 3.63) is 45.7 Å². The zero-order valence-corrected chi connectivity index (χ0v) is 20.6. The molecule has 0 unspecified atom stereocenters. The Morgan fingerprint density at radius 2 is 1.91 bits per heavy atom. The molecule has 0 bridgehead atoms. The third kappa shape index (κ3) is 4.06. The molecule has 2 aromatic rings. The minimum absolute atomic E-state index is 0.0264. The molecule has 0 saturated carbocycles. The van der Waals surface area contributed by atoms with Crippen molar-refractivity contribution in [2.24, 2.45) is 10.1 Å². The summed E-state index contributed by atoms with van der Waals surface area (Å²) >= 11 is 7.73. The van der Waals surface area contributed by atoms with Crippen LogP contribution in [0.15, 0.2) is 33.9 Å². The second kappa shape index (κ2) is 9.07. The molecule has 1 aromatic heterocycles. The number of aliphatic imine (C=N–C) groups is 1. The molecule has 10 heteroatoms. The number of carbonyl (C=O) groups is 1. The molecule has 1 aromatic carbocycles. The number of aryl methyl sites for hydroxylation is 1. The van der Waals surface area contributed by atoms with Crippen molar-refractivity contribution in [3.63, 3.8) is 0 Å². The number of thioether (sulfide) groups is 1. The number of hydrazone groups is 1. The van der Waals surface area contributed by atoms with Crippen molar-refractivity contribution in [3.8, 4) is 17.2 Å². The van der Waals surface area contributed by atoms with Gasteiger partial charge in [0.25, 0.3) is 5.91 Å². The van der Waals surface area contributed by atoms with Gasteiger partial charge in [-0.1, -0.05) is 18.5 Å². The number of amides is 1. The SMILES string of the molecule is CCCC1=NN2C(=N)/C(=C/c3cc(C)n(-c4cc(Cl)c(OC)cc4OC)c3C)C(=O)N=C2S1. The minimum Gasteiger partial charge on any atom is -0.495 e. The lowest BCUT2D eigenvalue weighted by molar-refractivity contribution is -0.114. The number of nitrogens with zero attached hydrogens (tertiary/aromatic N) is 4. The molecular formula is C23H24ClN5O3S. The molecule has 0 fully saturated rings. The van der Waals surface area contributed by atoms with Crippen LogP contribution < -0.4 is 9.47 Å². The first-order valence-electron chi connectivity index (χ1n) is 10.4. The van der Waals surface area contributed by atoms with E-state index in [0.29, 0.717) is 21.7 Å². The van der Waals surface area contributed by atoms with Crippen molar-refractivity contribution in [2.45, 2.75) is 33.6 Å². The quantitative estimate of drug-likeness (QED) is 0.569. The average molecular weight is 486 g/mol. The van der Waals surface area contributed by atoms with Crippen molar-refractivity contribution < 1.29 is 14.3 Å². The predicted molar refractivity (Wildman–Crippen MR) is 133 cm³/mol. The maximum Gasteiger partial charge on any atom is 0.283 e. The molecular weight excluding hydrogens is 462 g/mol. The Bertz CT molecular complexity index is 1260. The number of hydrogen-bond acceptors (Lipinski definition) is 6. The van der Waals surface area contributed by atoms with E-state index in [1.807, 2.05) is 24.5 Å². The lowest BCUT2D eigenvalue weighted by Gasteiger charge is -2.20. The van der Waals surface area contributed by atoms with Crippen LogP contribution in [0.2, 0.25) is 5.02 Å². The third-order valence-electron chi connectivity index (χ3n) is 5.42. The van der Waals surface area contributed by atoms with E-state index in [1.165, 1.54) is 16.8 Å². The average Bonchev–Trinajstić information content (AvgIpc) is 3.30. The number of aromatic nitrogens is 1. The van der Waals surface area contributed by atoms with Crippen LogP contribution in [-0.2, 0) is 4.79 Å². The highest BCUT2D eigenvalue weighted by molar-refractivity contribution is 8.26. The number of amidine groups is 2. The van der Waals surface area contributed by atoms with Crippen LogP contribution in [0.25, 0.3) is 11.8 Å². The summed E-state index contributed by atoms with van der Waals surface area (Å²) in [5.41, 5.74) is 3.51. The van der Waals surface area contributed by atoms with Gasteiger partial charge < -0.3 is 14.0 Å². The largest absolute Gasteiger partial charge is 0.495 e. The number of rotatable bonds is 6. The van der Waals surface area contributed by atoms with Gasteiger partial charge in [-0.05, 0) is 62.2 Å². The van der Waals surface area contributed by atoms with E-state index in [1.54, 1.807) is 32.4 Å². The number of halogens is 1. The Labute approximate surface area is 201 Å². The van der Waals surface area contributed by atoms with Crippen LogP contribution in [0.1, 0.15) is 36.7 Å². The molecule has 2 aliphatic heterocycles. The zero-order chi connectivity index (χ0) is 23.9. The van der Waals surface area contributed by atoms with Gasteiger partial charge in [-0.2, -0.15) is 15.1 Å². The molecule has 0 radical (unpaired) electrons. The molecule has 0 saturated heterocycles. The number of benzene rings is 1. The molecule has 4 rings (SSSR count). The Kier molecular flexibility index (Phi) is 6.36. The van der Waals surface area contributed by atoms with Crippen LogP contribution >= 0.6 is 23.4 Å². The first kappa shape index (κ1) is 23.1. The van der Waals surface area contributed by atoms with Gasteiger partial charge in [0, 0.05) is 17.5 Å². The van der Waals surface area contributed by atoms with Crippen LogP contribution in [0.5, 0.6) is 11.5 Å². The van der Waals surface area contributed by atoms with E-state index in [2.05, 4.69) is 17.0 Å². The van der Waals surface area contributed by atoms with Gasteiger partial charge in [0.15, 0.2) is 5.84 Å². The van der Waals surface area contributed by atoms with Crippen molar-refractivity contribution in [1.82, 2.24) is 9.58 Å².